The van der Waals surface area contributed by atoms with Gasteiger partial charge >= 0.3 is 6.09 Å². The van der Waals surface area contributed by atoms with Crippen LogP contribution in [-0.4, -0.2) is 42.3 Å². The van der Waals surface area contributed by atoms with Crippen molar-refractivity contribution in [3.63, 3.8) is 0 Å². The van der Waals surface area contributed by atoms with Gasteiger partial charge in [0.25, 0.3) is 0 Å². The number of ether oxygens (including phenoxy) is 1. The van der Waals surface area contributed by atoms with Gasteiger partial charge in [0.2, 0.25) is 0 Å². The zero-order valence-electron chi connectivity index (χ0n) is 14.0. The molecule has 0 saturated carbocycles. The molecule has 4 heteroatoms. The number of hydrogen-bond acceptors (Lipinski definition) is 3. The highest BCUT2D eigenvalue weighted by Gasteiger charge is 2.31. The van der Waals surface area contributed by atoms with Gasteiger partial charge in [-0.2, -0.15) is 0 Å². The van der Waals surface area contributed by atoms with E-state index >= 15 is 0 Å². The Morgan fingerprint density at radius 2 is 2.05 bits per heavy atom. The molecule has 1 amide bonds. The van der Waals surface area contributed by atoms with Crippen molar-refractivity contribution in [1.82, 2.24) is 10.2 Å². The smallest absolute Gasteiger partial charge is 0.410 e. The zero-order chi connectivity index (χ0) is 16.0. The molecule has 122 valence electrons. The highest BCUT2D eigenvalue weighted by molar-refractivity contribution is 5.69. The summed E-state index contributed by atoms with van der Waals surface area (Å²) in [6.45, 7) is 8.31. The van der Waals surface area contributed by atoms with Gasteiger partial charge in [-0.05, 0) is 52.1 Å². The predicted octanol–water partition coefficient (Wildman–Crippen LogP) is 3.22. The molecule has 1 heterocycles. The van der Waals surface area contributed by atoms with Gasteiger partial charge in [0.1, 0.15) is 5.60 Å². The summed E-state index contributed by atoms with van der Waals surface area (Å²) < 4.78 is 5.49. The lowest BCUT2D eigenvalue weighted by Crippen LogP contribution is -2.44. The molecule has 1 saturated heterocycles. The molecule has 22 heavy (non-hydrogen) atoms. The Morgan fingerprint density at radius 1 is 1.32 bits per heavy atom. The molecule has 0 aliphatic carbocycles. The van der Waals surface area contributed by atoms with Crippen LogP contribution < -0.4 is 5.32 Å². The maximum Gasteiger partial charge on any atom is 0.410 e. The number of hydrogen-bond donors (Lipinski definition) is 1. The van der Waals surface area contributed by atoms with E-state index in [1.807, 2.05) is 31.7 Å². The topological polar surface area (TPSA) is 41.6 Å². The Morgan fingerprint density at radius 3 is 2.73 bits per heavy atom. The lowest BCUT2D eigenvalue weighted by molar-refractivity contribution is 0.0227. The van der Waals surface area contributed by atoms with Gasteiger partial charge in [0, 0.05) is 19.1 Å². The van der Waals surface area contributed by atoms with Gasteiger partial charge in [-0.1, -0.05) is 30.3 Å². The molecule has 0 spiro atoms. The Bertz CT molecular complexity index is 468. The van der Waals surface area contributed by atoms with Gasteiger partial charge in [-0.15, -0.1) is 0 Å². The van der Waals surface area contributed by atoms with Crippen LogP contribution in [0.15, 0.2) is 30.3 Å². The van der Waals surface area contributed by atoms with E-state index in [-0.39, 0.29) is 12.1 Å². The van der Waals surface area contributed by atoms with E-state index < -0.39 is 5.60 Å². The molecule has 4 nitrogen and oxygen atoms in total. The molecule has 0 aromatic heterocycles. The number of nitrogens with one attached hydrogen (secondary N) is 1. The highest BCUT2D eigenvalue weighted by Crippen LogP contribution is 2.20. The Labute approximate surface area is 133 Å². The molecule has 1 aliphatic heterocycles. The third-order valence-electron chi connectivity index (χ3n) is 3.82. The van der Waals surface area contributed by atoms with Crippen molar-refractivity contribution < 1.29 is 9.53 Å². The van der Waals surface area contributed by atoms with Crippen LogP contribution in [0.2, 0.25) is 0 Å². The van der Waals surface area contributed by atoms with Gasteiger partial charge in [-0.3, -0.25) is 0 Å². The SMILES string of the molecule is CC(C)(C)OC(=O)N1CCC[C@H]1CNCCc1ccccc1. The number of amides is 1. The standard InChI is InChI=1S/C18H28N2O2/c1-18(2,3)22-17(21)20-13-7-10-16(20)14-19-12-11-15-8-5-4-6-9-15/h4-6,8-9,16,19H,7,10-14H2,1-3H3/t16-/m0/s1. The zero-order valence-corrected chi connectivity index (χ0v) is 14.0. The molecule has 1 aromatic carbocycles. The average Bonchev–Trinajstić information content (AvgIpc) is 2.91. The summed E-state index contributed by atoms with van der Waals surface area (Å²) in [4.78, 5) is 14.1. The molecule has 1 aromatic rings. The summed E-state index contributed by atoms with van der Waals surface area (Å²) in [6.07, 6.45) is 2.95. The molecule has 2 rings (SSSR count). The van der Waals surface area contributed by atoms with Crippen LogP contribution in [0.25, 0.3) is 0 Å². The minimum atomic E-state index is -0.426. The highest BCUT2D eigenvalue weighted by atomic mass is 16.6. The lowest BCUT2D eigenvalue weighted by atomic mass is 10.1. The molecule has 1 atom stereocenters. The second kappa shape index (κ2) is 7.63. The number of likely N-dealkylation sites (tertiary alicyclic amines) is 1. The van der Waals surface area contributed by atoms with Gasteiger partial charge < -0.3 is 15.0 Å². The first-order valence-electron chi connectivity index (χ1n) is 8.20. The molecule has 0 unspecified atom stereocenters. The average molecular weight is 304 g/mol. The first kappa shape index (κ1) is 16.8. The predicted molar refractivity (Wildman–Crippen MR) is 89.0 cm³/mol. The maximum atomic E-state index is 12.2. The van der Waals surface area contributed by atoms with Crippen LogP contribution in [0.4, 0.5) is 4.79 Å². The largest absolute Gasteiger partial charge is 0.444 e. The van der Waals surface area contributed by atoms with E-state index in [2.05, 4.69) is 29.6 Å². The van der Waals surface area contributed by atoms with Gasteiger partial charge in [-0.25, -0.2) is 4.79 Å². The second-order valence-corrected chi connectivity index (χ2v) is 6.91. The molecule has 0 radical (unpaired) electrons. The minimum Gasteiger partial charge on any atom is -0.444 e. The van der Waals surface area contributed by atoms with Crippen molar-refractivity contribution in [1.29, 1.82) is 0 Å². The first-order chi connectivity index (χ1) is 10.5. The number of carbonyl (C=O) groups is 1. The summed E-state index contributed by atoms with van der Waals surface area (Å²) in [5.74, 6) is 0. The van der Waals surface area contributed by atoms with E-state index in [1.54, 1.807) is 0 Å². The number of benzene rings is 1. The third-order valence-corrected chi connectivity index (χ3v) is 3.82. The third kappa shape index (κ3) is 5.34. The van der Waals surface area contributed by atoms with Crippen LogP contribution >= 0.6 is 0 Å². The van der Waals surface area contributed by atoms with Gasteiger partial charge in [0.05, 0.1) is 0 Å². The monoisotopic (exact) mass is 304 g/mol. The second-order valence-electron chi connectivity index (χ2n) is 6.91. The fourth-order valence-electron chi connectivity index (χ4n) is 2.75. The van der Waals surface area contributed by atoms with Gasteiger partial charge in [0.15, 0.2) is 0 Å². The Balaban J connectivity index is 1.73. The summed E-state index contributed by atoms with van der Waals surface area (Å²) in [5.41, 5.74) is 0.913. The number of carbonyl (C=O) groups excluding carboxylic acids is 1. The van der Waals surface area contributed by atoms with E-state index in [0.717, 1.165) is 38.9 Å². The van der Waals surface area contributed by atoms with E-state index in [9.17, 15) is 4.79 Å². The van der Waals surface area contributed by atoms with Crippen molar-refractivity contribution in [2.24, 2.45) is 0 Å². The van der Waals surface area contributed by atoms with Crippen LogP contribution in [0.1, 0.15) is 39.2 Å². The van der Waals surface area contributed by atoms with E-state index in [0.29, 0.717) is 0 Å². The maximum absolute atomic E-state index is 12.2. The van der Waals surface area contributed by atoms with E-state index in [1.165, 1.54) is 5.56 Å². The van der Waals surface area contributed by atoms with Crippen LogP contribution in [-0.2, 0) is 11.2 Å². The Kier molecular flexibility index (Phi) is 5.83. The van der Waals surface area contributed by atoms with Crippen LogP contribution in [0.5, 0.6) is 0 Å². The van der Waals surface area contributed by atoms with Crippen molar-refractivity contribution in [2.75, 3.05) is 19.6 Å². The molecular formula is C18H28N2O2. The van der Waals surface area contributed by atoms with Crippen molar-refractivity contribution in [3.8, 4) is 0 Å². The normalized spacial score (nSPS) is 18.5. The summed E-state index contributed by atoms with van der Waals surface area (Å²) in [6, 6.07) is 10.7. The Hall–Kier alpha value is -1.55. The minimum absolute atomic E-state index is 0.181. The number of rotatable bonds is 5. The lowest BCUT2D eigenvalue weighted by Gasteiger charge is -2.28. The summed E-state index contributed by atoms with van der Waals surface area (Å²) >= 11 is 0. The molecule has 1 N–H and O–H groups in total. The molecule has 1 fully saturated rings. The summed E-state index contributed by atoms with van der Waals surface area (Å²) in [7, 11) is 0. The first-order valence-corrected chi connectivity index (χ1v) is 8.20. The molecular weight excluding hydrogens is 276 g/mol. The summed E-state index contributed by atoms with van der Waals surface area (Å²) in [5, 5.41) is 3.47. The van der Waals surface area contributed by atoms with Crippen molar-refractivity contribution >= 4 is 6.09 Å². The van der Waals surface area contributed by atoms with Crippen molar-refractivity contribution in [2.45, 2.75) is 51.7 Å². The molecule has 1 aliphatic rings. The fraction of sp³-hybridized carbons (Fsp3) is 0.611. The quantitative estimate of drug-likeness (QED) is 0.849. The number of nitrogens with zero attached hydrogens (tertiary/aromatic N) is 1. The van der Waals surface area contributed by atoms with Crippen LogP contribution in [0.3, 0.4) is 0 Å². The van der Waals surface area contributed by atoms with Crippen LogP contribution in [0, 0.1) is 0 Å². The fourth-order valence-corrected chi connectivity index (χ4v) is 2.75. The van der Waals surface area contributed by atoms with Crippen molar-refractivity contribution in [3.05, 3.63) is 35.9 Å². The van der Waals surface area contributed by atoms with E-state index in [4.69, 9.17) is 4.74 Å². The molecule has 0 bridgehead atoms.